The molecule has 0 radical (unpaired) electrons. The number of aromatic nitrogens is 4. The smallest absolute Gasteiger partial charge is 0.230 e. The van der Waals surface area contributed by atoms with Gasteiger partial charge in [0.1, 0.15) is 0 Å². The van der Waals surface area contributed by atoms with Crippen molar-refractivity contribution in [3.63, 3.8) is 0 Å². The highest BCUT2D eigenvalue weighted by molar-refractivity contribution is 7.99. The van der Waals surface area contributed by atoms with Crippen molar-refractivity contribution in [1.29, 1.82) is 0 Å². The van der Waals surface area contributed by atoms with E-state index in [-0.39, 0.29) is 17.7 Å². The summed E-state index contributed by atoms with van der Waals surface area (Å²) in [5.74, 6) is 0.0409. The Labute approximate surface area is 171 Å². The van der Waals surface area contributed by atoms with Crippen LogP contribution < -0.4 is 5.32 Å². The summed E-state index contributed by atoms with van der Waals surface area (Å²) in [6.45, 7) is 3.87. The van der Waals surface area contributed by atoms with Crippen molar-refractivity contribution in [2.24, 2.45) is 0 Å². The van der Waals surface area contributed by atoms with Crippen molar-refractivity contribution < 1.29 is 4.79 Å². The van der Waals surface area contributed by atoms with Gasteiger partial charge in [-0.1, -0.05) is 53.2 Å². The lowest BCUT2D eigenvalue weighted by molar-refractivity contribution is -0.119. The average Bonchev–Trinajstić information content (AvgIpc) is 3.08. The summed E-state index contributed by atoms with van der Waals surface area (Å²) in [6.07, 6.45) is 0. The van der Waals surface area contributed by atoms with Crippen LogP contribution in [0.25, 0.3) is 5.69 Å². The molecule has 1 amide bonds. The molecule has 27 heavy (non-hydrogen) atoms. The molecule has 1 N–H and O–H groups in total. The standard InChI is InChI=1S/C18H17Cl2N5OS/c1-11-4-3-5-14(8-11)25-18(22-23-24-25)27-10-17(26)21-12(2)15-7-6-13(19)9-16(15)20/h3-9,12H,10H2,1-2H3,(H,21,26). The predicted octanol–water partition coefficient (Wildman–Crippen LogP) is 4.25. The first-order valence-corrected chi connectivity index (χ1v) is 9.90. The molecule has 1 aromatic heterocycles. The minimum absolute atomic E-state index is 0.141. The second-order valence-electron chi connectivity index (χ2n) is 5.96. The largest absolute Gasteiger partial charge is 0.349 e. The van der Waals surface area contributed by atoms with Crippen molar-refractivity contribution >= 4 is 40.9 Å². The zero-order valence-corrected chi connectivity index (χ0v) is 17.0. The first-order valence-electron chi connectivity index (χ1n) is 8.16. The van der Waals surface area contributed by atoms with Gasteiger partial charge in [0, 0.05) is 10.0 Å². The van der Waals surface area contributed by atoms with Crippen LogP contribution in [-0.2, 0) is 4.79 Å². The Kier molecular flexibility index (Phi) is 6.36. The molecule has 1 heterocycles. The lowest BCUT2D eigenvalue weighted by Gasteiger charge is -2.15. The second-order valence-corrected chi connectivity index (χ2v) is 7.74. The van der Waals surface area contributed by atoms with Gasteiger partial charge in [-0.15, -0.1) is 5.10 Å². The van der Waals surface area contributed by atoms with E-state index in [0.717, 1.165) is 16.8 Å². The molecule has 3 aromatic rings. The van der Waals surface area contributed by atoms with Crippen LogP contribution in [0.4, 0.5) is 0 Å². The fourth-order valence-electron chi connectivity index (χ4n) is 2.53. The van der Waals surface area contributed by atoms with Gasteiger partial charge in [-0.2, -0.15) is 4.68 Å². The van der Waals surface area contributed by atoms with E-state index in [1.165, 1.54) is 11.8 Å². The number of tetrazole rings is 1. The number of nitrogens with zero attached hydrogens (tertiary/aromatic N) is 4. The van der Waals surface area contributed by atoms with E-state index < -0.39 is 0 Å². The molecule has 9 heteroatoms. The highest BCUT2D eigenvalue weighted by atomic mass is 35.5. The summed E-state index contributed by atoms with van der Waals surface area (Å²) in [5, 5.41) is 16.3. The van der Waals surface area contributed by atoms with E-state index in [9.17, 15) is 4.79 Å². The normalized spacial score (nSPS) is 12.0. The number of hydrogen-bond acceptors (Lipinski definition) is 5. The van der Waals surface area contributed by atoms with Crippen LogP contribution in [0.5, 0.6) is 0 Å². The second kappa shape index (κ2) is 8.73. The Balaban J connectivity index is 1.62. The minimum atomic E-state index is -0.240. The topological polar surface area (TPSA) is 72.7 Å². The number of hydrogen-bond donors (Lipinski definition) is 1. The highest BCUT2D eigenvalue weighted by Gasteiger charge is 2.15. The van der Waals surface area contributed by atoms with Crippen molar-refractivity contribution in [3.8, 4) is 5.69 Å². The third-order valence-corrected chi connectivity index (χ3v) is 5.31. The molecule has 6 nitrogen and oxygen atoms in total. The van der Waals surface area contributed by atoms with E-state index >= 15 is 0 Å². The van der Waals surface area contributed by atoms with Crippen LogP contribution in [0.3, 0.4) is 0 Å². The van der Waals surface area contributed by atoms with E-state index in [1.54, 1.807) is 22.9 Å². The Morgan fingerprint density at radius 2 is 2.07 bits per heavy atom. The molecule has 2 aromatic carbocycles. The Bertz CT molecular complexity index is 962. The molecule has 140 valence electrons. The molecule has 1 atom stereocenters. The molecular weight excluding hydrogens is 405 g/mol. The highest BCUT2D eigenvalue weighted by Crippen LogP contribution is 2.26. The number of thioether (sulfide) groups is 1. The lowest BCUT2D eigenvalue weighted by atomic mass is 10.1. The van der Waals surface area contributed by atoms with Gasteiger partial charge in [0.15, 0.2) is 0 Å². The van der Waals surface area contributed by atoms with Gasteiger partial charge >= 0.3 is 0 Å². The number of halogens is 2. The van der Waals surface area contributed by atoms with E-state index in [4.69, 9.17) is 23.2 Å². The molecule has 1 unspecified atom stereocenters. The van der Waals surface area contributed by atoms with E-state index in [0.29, 0.717) is 15.2 Å². The lowest BCUT2D eigenvalue weighted by Crippen LogP contribution is -2.28. The summed E-state index contributed by atoms with van der Waals surface area (Å²) in [5.41, 5.74) is 2.76. The summed E-state index contributed by atoms with van der Waals surface area (Å²) in [6, 6.07) is 12.8. The number of carbonyl (C=O) groups excluding carboxylic acids is 1. The SMILES string of the molecule is Cc1cccc(-n2nnnc2SCC(=O)NC(C)c2ccc(Cl)cc2Cl)c1. The van der Waals surface area contributed by atoms with Gasteiger partial charge in [0.05, 0.1) is 17.5 Å². The summed E-state index contributed by atoms with van der Waals surface area (Å²) >= 11 is 13.4. The molecule has 0 spiro atoms. The Morgan fingerprint density at radius 1 is 1.26 bits per heavy atom. The van der Waals surface area contributed by atoms with Crippen molar-refractivity contribution in [2.45, 2.75) is 25.0 Å². The average molecular weight is 422 g/mol. The maximum atomic E-state index is 12.3. The molecule has 0 aliphatic heterocycles. The Hall–Kier alpha value is -2.09. The maximum Gasteiger partial charge on any atom is 0.230 e. The Morgan fingerprint density at radius 3 is 2.81 bits per heavy atom. The quantitative estimate of drug-likeness (QED) is 0.602. The number of rotatable bonds is 6. The number of nitrogens with one attached hydrogen (secondary N) is 1. The molecule has 0 aliphatic rings. The van der Waals surface area contributed by atoms with Crippen LogP contribution in [0.15, 0.2) is 47.6 Å². The number of aryl methyl sites for hydroxylation is 1. The number of benzene rings is 2. The third kappa shape index (κ3) is 5.00. The van der Waals surface area contributed by atoms with Gasteiger partial charge in [-0.3, -0.25) is 4.79 Å². The first-order chi connectivity index (χ1) is 12.9. The van der Waals surface area contributed by atoms with Gasteiger partial charge in [0.2, 0.25) is 11.1 Å². The first kappa shape index (κ1) is 19.7. The van der Waals surface area contributed by atoms with Gasteiger partial charge < -0.3 is 5.32 Å². The van der Waals surface area contributed by atoms with Crippen LogP contribution in [0.2, 0.25) is 10.0 Å². The fraction of sp³-hybridized carbons (Fsp3) is 0.222. The van der Waals surface area contributed by atoms with Crippen molar-refractivity contribution in [2.75, 3.05) is 5.75 Å². The van der Waals surface area contributed by atoms with E-state index in [1.807, 2.05) is 38.1 Å². The summed E-state index contributed by atoms with van der Waals surface area (Å²) in [7, 11) is 0. The van der Waals surface area contributed by atoms with Crippen LogP contribution in [-0.4, -0.2) is 31.9 Å². The molecule has 0 saturated heterocycles. The number of amides is 1. The van der Waals surface area contributed by atoms with Crippen molar-refractivity contribution in [3.05, 3.63) is 63.6 Å². The molecule has 3 rings (SSSR count). The summed E-state index contributed by atoms with van der Waals surface area (Å²) in [4.78, 5) is 12.3. The molecule has 0 fully saturated rings. The zero-order chi connectivity index (χ0) is 19.4. The van der Waals surface area contributed by atoms with Gasteiger partial charge in [-0.25, -0.2) is 0 Å². The van der Waals surface area contributed by atoms with Crippen LogP contribution in [0, 0.1) is 6.92 Å². The molecule has 0 saturated carbocycles. The monoisotopic (exact) mass is 421 g/mol. The maximum absolute atomic E-state index is 12.3. The zero-order valence-electron chi connectivity index (χ0n) is 14.7. The minimum Gasteiger partial charge on any atom is -0.349 e. The van der Waals surface area contributed by atoms with Gasteiger partial charge in [-0.05, 0) is 59.7 Å². The molecular formula is C18H17Cl2N5OS. The molecule has 0 aliphatic carbocycles. The van der Waals surface area contributed by atoms with Crippen LogP contribution >= 0.6 is 35.0 Å². The predicted molar refractivity (Wildman–Crippen MR) is 108 cm³/mol. The van der Waals surface area contributed by atoms with Gasteiger partial charge in [0.25, 0.3) is 0 Å². The summed E-state index contributed by atoms with van der Waals surface area (Å²) < 4.78 is 1.62. The van der Waals surface area contributed by atoms with Crippen molar-refractivity contribution in [1.82, 2.24) is 25.5 Å². The molecule has 0 bridgehead atoms. The number of carbonyl (C=O) groups is 1. The van der Waals surface area contributed by atoms with E-state index in [2.05, 4.69) is 20.8 Å². The fourth-order valence-corrected chi connectivity index (χ4v) is 3.81. The third-order valence-electron chi connectivity index (χ3n) is 3.83. The van der Waals surface area contributed by atoms with Crippen LogP contribution in [0.1, 0.15) is 24.1 Å².